The average Bonchev–Trinajstić information content (AvgIpc) is 2.61. The quantitative estimate of drug-likeness (QED) is 0.828. The average molecular weight is 339 g/mol. The van der Waals surface area contributed by atoms with Crippen LogP contribution in [0.4, 0.5) is 0 Å². The Morgan fingerprint density at radius 1 is 1.30 bits per heavy atom. The molecule has 20 heavy (non-hydrogen) atoms. The van der Waals surface area contributed by atoms with Gasteiger partial charge in [-0.2, -0.15) is 0 Å². The number of carbonyl (C=O) groups is 1. The molecule has 3 nitrogen and oxygen atoms in total. The summed E-state index contributed by atoms with van der Waals surface area (Å²) in [5.74, 6) is -0.0500. The van der Waals surface area contributed by atoms with Gasteiger partial charge in [0, 0.05) is 16.6 Å². The van der Waals surface area contributed by atoms with E-state index < -0.39 is 0 Å². The molecule has 1 aromatic carbocycles. The molecule has 0 atom stereocenters. The van der Waals surface area contributed by atoms with Gasteiger partial charge in [0.15, 0.2) is 0 Å². The van der Waals surface area contributed by atoms with Crippen LogP contribution < -0.4 is 11.1 Å². The topological polar surface area (TPSA) is 55.1 Å². The van der Waals surface area contributed by atoms with E-state index in [1.807, 2.05) is 25.1 Å². The van der Waals surface area contributed by atoms with Crippen molar-refractivity contribution in [2.75, 3.05) is 6.54 Å². The Hall–Kier alpha value is -0.870. The zero-order chi connectivity index (χ0) is 14.6. The minimum atomic E-state index is -0.233. The van der Waals surface area contributed by atoms with Crippen LogP contribution in [0.1, 0.15) is 54.4 Å². The van der Waals surface area contributed by atoms with Crippen LogP contribution >= 0.6 is 15.9 Å². The maximum atomic E-state index is 12.3. The SMILES string of the molecule is Cc1ccc(C(=O)NCC2(N)CCCCCC2)c(Br)c1. The first-order chi connectivity index (χ1) is 9.50. The lowest BCUT2D eigenvalue weighted by Crippen LogP contribution is -2.49. The summed E-state index contributed by atoms with van der Waals surface area (Å²) in [5, 5.41) is 3.00. The molecular weight excluding hydrogens is 316 g/mol. The van der Waals surface area contributed by atoms with Gasteiger partial charge in [-0.25, -0.2) is 0 Å². The largest absolute Gasteiger partial charge is 0.350 e. The Labute approximate surface area is 129 Å². The number of halogens is 1. The number of amides is 1. The maximum absolute atomic E-state index is 12.3. The summed E-state index contributed by atoms with van der Waals surface area (Å²) in [5.41, 5.74) is 7.99. The fourth-order valence-corrected chi connectivity index (χ4v) is 3.44. The number of benzene rings is 1. The Kier molecular flexibility index (Phi) is 5.22. The first-order valence-corrected chi connectivity index (χ1v) is 8.13. The van der Waals surface area contributed by atoms with Gasteiger partial charge in [-0.3, -0.25) is 4.79 Å². The summed E-state index contributed by atoms with van der Waals surface area (Å²) in [6.07, 6.45) is 6.86. The Bertz CT molecular complexity index is 479. The molecule has 1 fully saturated rings. The van der Waals surface area contributed by atoms with E-state index in [1.54, 1.807) is 0 Å². The van der Waals surface area contributed by atoms with Gasteiger partial charge in [0.2, 0.25) is 0 Å². The minimum Gasteiger partial charge on any atom is -0.350 e. The molecule has 3 N–H and O–H groups in total. The van der Waals surface area contributed by atoms with E-state index in [-0.39, 0.29) is 11.4 Å². The molecule has 1 saturated carbocycles. The fraction of sp³-hybridized carbons (Fsp3) is 0.562. The van der Waals surface area contributed by atoms with Crippen LogP contribution in [-0.2, 0) is 0 Å². The lowest BCUT2D eigenvalue weighted by molar-refractivity contribution is 0.0940. The predicted octanol–water partition coefficient (Wildman–Crippen LogP) is 3.54. The first-order valence-electron chi connectivity index (χ1n) is 7.33. The molecule has 1 aromatic rings. The van der Waals surface area contributed by atoms with Crippen LogP contribution in [-0.4, -0.2) is 18.0 Å². The highest BCUT2D eigenvalue weighted by atomic mass is 79.9. The van der Waals surface area contributed by atoms with Gasteiger partial charge < -0.3 is 11.1 Å². The highest BCUT2D eigenvalue weighted by Crippen LogP contribution is 2.24. The van der Waals surface area contributed by atoms with Crippen LogP contribution in [0, 0.1) is 6.92 Å². The highest BCUT2D eigenvalue weighted by Gasteiger charge is 2.26. The summed E-state index contributed by atoms with van der Waals surface area (Å²) in [6.45, 7) is 2.57. The lowest BCUT2D eigenvalue weighted by atomic mass is 9.91. The second kappa shape index (κ2) is 6.72. The molecular formula is C16H23BrN2O. The van der Waals surface area contributed by atoms with Crippen LogP contribution in [0.5, 0.6) is 0 Å². The third-order valence-electron chi connectivity index (χ3n) is 4.07. The van der Waals surface area contributed by atoms with Crippen molar-refractivity contribution in [2.24, 2.45) is 5.73 Å². The predicted molar refractivity (Wildman–Crippen MR) is 85.8 cm³/mol. The van der Waals surface area contributed by atoms with Gasteiger partial charge in [0.1, 0.15) is 0 Å². The number of rotatable bonds is 3. The number of hydrogen-bond acceptors (Lipinski definition) is 2. The molecule has 4 heteroatoms. The lowest BCUT2D eigenvalue weighted by Gasteiger charge is -2.28. The maximum Gasteiger partial charge on any atom is 0.252 e. The Morgan fingerprint density at radius 2 is 1.95 bits per heavy atom. The molecule has 0 aliphatic heterocycles. The zero-order valence-corrected chi connectivity index (χ0v) is 13.6. The fourth-order valence-electron chi connectivity index (χ4n) is 2.77. The highest BCUT2D eigenvalue weighted by molar-refractivity contribution is 9.10. The second-order valence-electron chi connectivity index (χ2n) is 5.94. The normalized spacial score (nSPS) is 18.4. The van der Waals surface area contributed by atoms with Gasteiger partial charge in [-0.15, -0.1) is 0 Å². The first kappa shape index (κ1) is 15.5. The number of aryl methyl sites for hydroxylation is 1. The van der Waals surface area contributed by atoms with Crippen molar-refractivity contribution >= 4 is 21.8 Å². The third-order valence-corrected chi connectivity index (χ3v) is 4.73. The molecule has 1 aliphatic rings. The van der Waals surface area contributed by atoms with Crippen LogP contribution in [0.15, 0.2) is 22.7 Å². The minimum absolute atomic E-state index is 0.0500. The standard InChI is InChI=1S/C16H23BrN2O/c1-12-6-7-13(14(17)10-12)15(20)19-11-16(18)8-4-2-3-5-9-16/h6-7,10H,2-5,8-9,11,18H2,1H3,(H,19,20). The van der Waals surface area contributed by atoms with Crippen LogP contribution in [0.3, 0.4) is 0 Å². The zero-order valence-electron chi connectivity index (χ0n) is 12.0. The van der Waals surface area contributed by atoms with E-state index in [9.17, 15) is 4.79 Å². The second-order valence-corrected chi connectivity index (χ2v) is 6.80. The number of carbonyl (C=O) groups excluding carboxylic acids is 1. The Balaban J connectivity index is 1.97. The van der Waals surface area contributed by atoms with Gasteiger partial charge in [-0.1, -0.05) is 31.7 Å². The molecule has 2 rings (SSSR count). The molecule has 0 saturated heterocycles. The van der Waals surface area contributed by atoms with E-state index in [0.717, 1.165) is 22.9 Å². The van der Waals surface area contributed by atoms with E-state index in [0.29, 0.717) is 12.1 Å². The monoisotopic (exact) mass is 338 g/mol. The number of nitrogens with one attached hydrogen (secondary N) is 1. The van der Waals surface area contributed by atoms with E-state index in [4.69, 9.17) is 5.73 Å². The molecule has 1 amide bonds. The summed E-state index contributed by atoms with van der Waals surface area (Å²) in [6, 6.07) is 5.76. The summed E-state index contributed by atoms with van der Waals surface area (Å²) in [4.78, 5) is 12.3. The van der Waals surface area contributed by atoms with Crippen molar-refractivity contribution < 1.29 is 4.79 Å². The molecule has 110 valence electrons. The van der Waals surface area contributed by atoms with Crippen molar-refractivity contribution in [3.05, 3.63) is 33.8 Å². The van der Waals surface area contributed by atoms with Gasteiger partial charge >= 0.3 is 0 Å². The van der Waals surface area contributed by atoms with Crippen molar-refractivity contribution in [2.45, 2.75) is 51.0 Å². The molecule has 1 aliphatic carbocycles. The smallest absolute Gasteiger partial charge is 0.252 e. The van der Waals surface area contributed by atoms with E-state index in [2.05, 4.69) is 21.2 Å². The summed E-state index contributed by atoms with van der Waals surface area (Å²) < 4.78 is 0.835. The van der Waals surface area contributed by atoms with Crippen molar-refractivity contribution in [3.63, 3.8) is 0 Å². The molecule has 0 unspecified atom stereocenters. The van der Waals surface area contributed by atoms with Gasteiger partial charge in [0.05, 0.1) is 5.56 Å². The summed E-state index contributed by atoms with van der Waals surface area (Å²) >= 11 is 3.45. The van der Waals surface area contributed by atoms with Gasteiger partial charge in [-0.05, 0) is 53.4 Å². The molecule has 0 bridgehead atoms. The third kappa shape index (κ3) is 4.06. The van der Waals surface area contributed by atoms with Crippen molar-refractivity contribution in [1.29, 1.82) is 0 Å². The molecule has 0 heterocycles. The number of hydrogen-bond donors (Lipinski definition) is 2. The van der Waals surface area contributed by atoms with Crippen LogP contribution in [0.2, 0.25) is 0 Å². The van der Waals surface area contributed by atoms with Crippen molar-refractivity contribution in [1.82, 2.24) is 5.32 Å². The summed E-state index contributed by atoms with van der Waals surface area (Å²) in [7, 11) is 0. The van der Waals surface area contributed by atoms with E-state index >= 15 is 0 Å². The molecule has 0 radical (unpaired) electrons. The Morgan fingerprint density at radius 3 is 2.55 bits per heavy atom. The van der Waals surface area contributed by atoms with Crippen molar-refractivity contribution in [3.8, 4) is 0 Å². The van der Waals surface area contributed by atoms with Gasteiger partial charge in [0.25, 0.3) is 5.91 Å². The number of nitrogens with two attached hydrogens (primary N) is 1. The van der Waals surface area contributed by atoms with E-state index in [1.165, 1.54) is 25.7 Å². The molecule has 0 aromatic heterocycles. The van der Waals surface area contributed by atoms with Crippen LogP contribution in [0.25, 0.3) is 0 Å². The molecule has 0 spiro atoms.